The lowest BCUT2D eigenvalue weighted by Crippen LogP contribution is -2.34. The van der Waals surface area contributed by atoms with Crippen LogP contribution in [0.15, 0.2) is 12.7 Å². The molecule has 1 saturated heterocycles. The number of hydrogen-bond acceptors (Lipinski definition) is 19. The minimum atomic E-state index is -6.33. The number of phosphoric ester groups is 1. The summed E-state index contributed by atoms with van der Waals surface area (Å²) >= 11 is 0. The molecule has 24 heteroatoms. The second kappa shape index (κ2) is 12.4. The summed E-state index contributed by atoms with van der Waals surface area (Å²) in [5.74, 6) is 0.00274. The third-order valence-electron chi connectivity index (χ3n) is 5.06. The number of fused-ring (bicyclic) bond motifs is 1. The first-order valence-electron chi connectivity index (χ1n) is 10.9. The van der Waals surface area contributed by atoms with E-state index < -0.39 is 68.4 Å². The molecule has 222 valence electrons. The summed E-state index contributed by atoms with van der Waals surface area (Å²) in [6.07, 6.45) is -3.95. The number of aliphatic hydroxyl groups is 2. The first-order valence-corrected chi connectivity index (χ1v) is 17.0. The highest BCUT2D eigenvalue weighted by Gasteiger charge is 2.45. The summed E-state index contributed by atoms with van der Waals surface area (Å²) < 4.78 is 69.0. The molecular weight excluding hydrogens is 614 g/mol. The van der Waals surface area contributed by atoms with Crippen molar-refractivity contribution in [1.82, 2.24) is 19.5 Å². The molecule has 3 heterocycles. The number of unbranched alkanes of at least 4 members (excludes halogenated alkanes) is 2. The summed E-state index contributed by atoms with van der Waals surface area (Å²) in [7, 11) is -23.5. The molecule has 2 aromatic rings. The summed E-state index contributed by atoms with van der Waals surface area (Å²) in [6.45, 7) is 0.609. The number of ether oxygens (including phenoxy) is 1. The summed E-state index contributed by atoms with van der Waals surface area (Å²) in [5, 5.41) is 20.6. The number of aromatic nitrogens is 4. The Morgan fingerprint density at radius 2 is 1.62 bits per heavy atom. The number of aliphatic hydroxyl groups excluding tert-OH is 2. The number of imidazole rings is 1. The Kier molecular flexibility index (Phi) is 10.3. The van der Waals surface area contributed by atoms with Crippen LogP contribution in [0.4, 0.5) is 5.82 Å². The van der Waals surface area contributed by atoms with Crippen LogP contribution in [-0.4, -0.2) is 60.8 Å². The van der Waals surface area contributed by atoms with Gasteiger partial charge in [0.2, 0.25) is 0 Å². The van der Waals surface area contributed by atoms with E-state index in [0.29, 0.717) is 12.8 Å². The topological polar surface area (TPSA) is 317 Å². The van der Waals surface area contributed by atoms with Gasteiger partial charge in [0.15, 0.2) is 17.7 Å². The van der Waals surface area contributed by atoms with E-state index in [9.17, 15) is 48.0 Å². The fourth-order valence-electron chi connectivity index (χ4n) is 3.36. The molecule has 39 heavy (non-hydrogen) atoms. The minimum Gasteiger partial charge on any atom is -0.778 e. The van der Waals surface area contributed by atoms with E-state index in [1.54, 1.807) is 6.92 Å². The fraction of sp³-hybridized carbons (Fsp3) is 0.667. The molecular formula is C15H23N5O15P4-4. The van der Waals surface area contributed by atoms with Gasteiger partial charge >= 0.3 is 0 Å². The Balaban J connectivity index is 1.60. The van der Waals surface area contributed by atoms with Crippen molar-refractivity contribution < 1.29 is 70.2 Å². The quantitative estimate of drug-likeness (QED) is 0.153. The van der Waals surface area contributed by atoms with Crippen LogP contribution in [0.5, 0.6) is 0 Å². The van der Waals surface area contributed by atoms with Gasteiger partial charge in [-0.25, -0.2) is 23.6 Å². The van der Waals surface area contributed by atoms with Crippen LogP contribution in [0.3, 0.4) is 0 Å². The second-order valence-corrected chi connectivity index (χ2v) is 14.6. The monoisotopic (exact) mass is 637 g/mol. The summed E-state index contributed by atoms with van der Waals surface area (Å²) in [6, 6.07) is 0. The molecule has 4 N–H and O–H groups in total. The van der Waals surface area contributed by atoms with Gasteiger partial charge in [-0.05, 0) is 6.42 Å². The lowest BCUT2D eigenvalue weighted by molar-refractivity contribution is -0.251. The molecule has 20 nitrogen and oxygen atoms in total. The molecule has 1 aliphatic heterocycles. The lowest BCUT2D eigenvalue weighted by atomic mass is 10.1. The number of phosphoric acid groups is 3. The van der Waals surface area contributed by atoms with E-state index >= 15 is 0 Å². The lowest BCUT2D eigenvalue weighted by Gasteiger charge is -2.36. The van der Waals surface area contributed by atoms with Gasteiger partial charge in [-0.1, -0.05) is 19.8 Å². The first kappa shape index (κ1) is 32.3. The molecule has 2 aromatic heterocycles. The Bertz CT molecular complexity index is 1360. The molecule has 0 aromatic carbocycles. The molecule has 1 fully saturated rings. The van der Waals surface area contributed by atoms with Crippen molar-refractivity contribution in [1.29, 1.82) is 0 Å². The smallest absolute Gasteiger partial charge is 0.280 e. The highest BCUT2D eigenvalue weighted by atomic mass is 31.3. The van der Waals surface area contributed by atoms with Crippen LogP contribution in [0.2, 0.25) is 0 Å². The predicted molar refractivity (Wildman–Crippen MR) is 120 cm³/mol. The normalized spacial score (nSPS) is 28.0. The van der Waals surface area contributed by atoms with Gasteiger partial charge in [0.05, 0.1) is 12.9 Å². The van der Waals surface area contributed by atoms with Gasteiger partial charge < -0.3 is 49.3 Å². The van der Waals surface area contributed by atoms with Gasteiger partial charge in [-0.2, -0.15) is 0 Å². The third-order valence-corrected chi connectivity index (χ3v) is 11.4. The van der Waals surface area contributed by atoms with Crippen molar-refractivity contribution >= 4 is 48.0 Å². The van der Waals surface area contributed by atoms with Crippen molar-refractivity contribution in [3.05, 3.63) is 12.7 Å². The minimum absolute atomic E-state index is 0.00274. The first-order chi connectivity index (χ1) is 18.0. The van der Waals surface area contributed by atoms with Gasteiger partial charge in [-0.3, -0.25) is 22.6 Å². The fourth-order valence-corrected chi connectivity index (χ4v) is 8.77. The zero-order valence-corrected chi connectivity index (χ0v) is 23.4. The van der Waals surface area contributed by atoms with Gasteiger partial charge in [0.1, 0.15) is 37.8 Å². The van der Waals surface area contributed by atoms with E-state index in [-0.39, 0.29) is 23.4 Å². The van der Waals surface area contributed by atoms with E-state index in [1.807, 2.05) is 0 Å². The van der Waals surface area contributed by atoms with Crippen LogP contribution in [0.1, 0.15) is 32.4 Å². The average Bonchev–Trinajstić information content (AvgIpc) is 3.32. The van der Waals surface area contributed by atoms with Crippen molar-refractivity contribution in [2.75, 3.05) is 18.5 Å². The maximum absolute atomic E-state index is 12.0. The molecule has 0 bridgehead atoms. The van der Waals surface area contributed by atoms with Crippen molar-refractivity contribution in [2.24, 2.45) is 0 Å². The van der Waals surface area contributed by atoms with E-state index in [1.165, 1.54) is 0 Å². The Hall–Kier alpha value is -1.17. The molecule has 1 aliphatic rings. The maximum Gasteiger partial charge on any atom is 0.280 e. The Labute approximate surface area is 220 Å². The number of nitrogens with zero attached hydrogens (tertiary/aromatic N) is 4. The van der Waals surface area contributed by atoms with Crippen LogP contribution in [0, 0.1) is 0 Å². The molecule has 8 atom stereocenters. The average molecular weight is 637 g/mol. The molecule has 0 saturated carbocycles. The molecule has 0 amide bonds. The predicted octanol–water partition coefficient (Wildman–Crippen LogP) is -1.76. The number of hydrogen-bond donors (Lipinski definition) is 3. The molecule has 3 rings (SSSR count). The van der Waals surface area contributed by atoms with Crippen molar-refractivity contribution in [3.8, 4) is 0 Å². The van der Waals surface area contributed by atoms with E-state index in [0.717, 1.165) is 17.2 Å². The van der Waals surface area contributed by atoms with Crippen LogP contribution in [0.25, 0.3) is 11.2 Å². The zero-order chi connectivity index (χ0) is 29.2. The van der Waals surface area contributed by atoms with Crippen molar-refractivity contribution in [2.45, 2.75) is 50.7 Å². The van der Waals surface area contributed by atoms with Crippen LogP contribution < -0.4 is 25.3 Å². The maximum atomic E-state index is 12.0. The highest BCUT2D eigenvalue weighted by molar-refractivity contribution is 7.69. The van der Waals surface area contributed by atoms with Gasteiger partial charge in [0.25, 0.3) is 23.5 Å². The van der Waals surface area contributed by atoms with Gasteiger partial charge in [0, 0.05) is 6.16 Å². The van der Waals surface area contributed by atoms with E-state index in [4.69, 9.17) is 10.5 Å². The molecule has 0 radical (unpaired) electrons. The number of nitrogen functional groups attached to an aromatic ring is 1. The number of anilines is 1. The SMILES string of the molecule is CCCCCP(=O)([O-])OP(=O)([O-])OP(=O)([O-])OP(=O)([O-])OC[C@H]1O[C@@H](n2cnc3c(N)ncnc32)[C@@H](O)C1O. The summed E-state index contributed by atoms with van der Waals surface area (Å²) in [4.78, 5) is 58.9. The second-order valence-electron chi connectivity index (χ2n) is 8.05. The third kappa shape index (κ3) is 8.66. The van der Waals surface area contributed by atoms with E-state index in [2.05, 4.69) is 32.4 Å². The Morgan fingerprint density at radius 3 is 2.28 bits per heavy atom. The highest BCUT2D eigenvalue weighted by Crippen LogP contribution is 2.66. The Morgan fingerprint density at radius 1 is 0.974 bits per heavy atom. The largest absolute Gasteiger partial charge is 0.778 e. The van der Waals surface area contributed by atoms with Crippen molar-refractivity contribution in [3.63, 3.8) is 0 Å². The number of nitrogens with two attached hydrogens (primary N) is 1. The molecule has 5 unspecified atom stereocenters. The zero-order valence-electron chi connectivity index (χ0n) is 19.9. The van der Waals surface area contributed by atoms with Crippen LogP contribution in [-0.2, 0) is 40.5 Å². The van der Waals surface area contributed by atoms with Gasteiger partial charge in [-0.15, -0.1) is 0 Å². The number of rotatable bonds is 14. The van der Waals surface area contributed by atoms with Crippen LogP contribution >= 0.6 is 31.1 Å². The molecule has 0 aliphatic carbocycles. The standard InChI is InChI=1S/C15H27N5O15P4/c1-2-3-4-5-36(23,24)33-38(27,28)35-39(29,30)34-37(25,26)31-6-9-11(21)12(22)15(32-9)20-8-19-10-13(16)17-7-18-14(10)20/h7-9,11-12,15,21-22H,2-6H2,1H3,(H,23,24)(H,25,26)(H,27,28)(H,29,30)(H2,16,17,18)/p-4/t9-,11?,12+,15-/m1/s1. The summed E-state index contributed by atoms with van der Waals surface area (Å²) in [5.41, 5.74) is 5.92. The molecule has 0 spiro atoms.